The molecule has 6 heteroatoms. The molecule has 5 nitrogen and oxygen atoms in total. The molecule has 2 heterocycles. The van der Waals surface area contributed by atoms with E-state index in [0.29, 0.717) is 16.7 Å². The Bertz CT molecular complexity index is 656. The lowest BCUT2D eigenvalue weighted by Gasteiger charge is -2.00. The van der Waals surface area contributed by atoms with Crippen molar-refractivity contribution in [1.82, 2.24) is 4.98 Å². The van der Waals surface area contributed by atoms with Gasteiger partial charge >= 0.3 is 0 Å². The van der Waals surface area contributed by atoms with Gasteiger partial charge in [-0.15, -0.1) is 0 Å². The quantitative estimate of drug-likeness (QED) is 0.707. The highest BCUT2D eigenvalue weighted by Crippen LogP contribution is 2.30. The Hall–Kier alpha value is -2.21. The van der Waals surface area contributed by atoms with Crippen LogP contribution in [-0.4, -0.2) is 16.5 Å². The second-order valence-electron chi connectivity index (χ2n) is 3.62. The number of nitrogens with two attached hydrogens (primary N) is 2. The maximum absolute atomic E-state index is 7.81. The van der Waals surface area contributed by atoms with Crippen LogP contribution in [0.25, 0.3) is 0 Å². The zero-order valence-electron chi connectivity index (χ0n) is 8.77. The van der Waals surface area contributed by atoms with Gasteiger partial charge in [0.15, 0.2) is 11.0 Å². The smallest absolute Gasteiger partial charge is 0.182 e. The van der Waals surface area contributed by atoms with Crippen molar-refractivity contribution in [3.05, 3.63) is 40.3 Å². The lowest BCUT2D eigenvalue weighted by molar-refractivity contribution is 1.42. The molecule has 0 radical (unpaired) electrons. The number of nitrogen functional groups attached to an aromatic ring is 2. The summed E-state index contributed by atoms with van der Waals surface area (Å²) in [6.07, 6.45) is 0. The molecule has 0 aliphatic carbocycles. The van der Waals surface area contributed by atoms with E-state index in [1.54, 1.807) is 0 Å². The number of amidine groups is 1. The first kappa shape index (κ1) is 9.98. The molecule has 0 amide bonds. The predicted octanol–water partition coefficient (Wildman–Crippen LogP) is 1.48. The van der Waals surface area contributed by atoms with E-state index in [2.05, 4.69) is 9.98 Å². The van der Waals surface area contributed by atoms with Gasteiger partial charge in [-0.2, -0.15) is 0 Å². The third-order valence-corrected chi connectivity index (χ3v) is 3.45. The maximum atomic E-state index is 7.81. The van der Waals surface area contributed by atoms with Crippen LogP contribution in [0.1, 0.15) is 16.0 Å². The molecule has 1 aromatic carbocycles. The largest absolute Gasteiger partial charge is 0.382 e. The van der Waals surface area contributed by atoms with E-state index in [1.807, 2.05) is 24.3 Å². The minimum atomic E-state index is 0.252. The van der Waals surface area contributed by atoms with Crippen molar-refractivity contribution < 1.29 is 0 Å². The van der Waals surface area contributed by atoms with Crippen molar-refractivity contribution in [3.8, 4) is 0 Å². The summed E-state index contributed by atoms with van der Waals surface area (Å²) in [5.74, 6) is 0.623. The van der Waals surface area contributed by atoms with Gasteiger partial charge in [-0.1, -0.05) is 35.6 Å². The molecule has 0 bridgehead atoms. The number of hydrogen-bond acceptors (Lipinski definition) is 5. The number of hydrogen-bond donors (Lipinski definition) is 3. The maximum Gasteiger partial charge on any atom is 0.182 e. The number of thiazole rings is 1. The van der Waals surface area contributed by atoms with Gasteiger partial charge in [0.2, 0.25) is 0 Å². The van der Waals surface area contributed by atoms with Gasteiger partial charge in [-0.3, -0.25) is 5.41 Å². The van der Waals surface area contributed by atoms with E-state index in [1.165, 1.54) is 11.3 Å². The summed E-state index contributed by atoms with van der Waals surface area (Å²) in [5, 5.41) is 8.23. The summed E-state index contributed by atoms with van der Waals surface area (Å²) >= 11 is 1.29. The molecular weight excluding hydrogens is 234 g/mol. The number of benzene rings is 1. The first-order chi connectivity index (χ1) is 8.16. The number of anilines is 2. The van der Waals surface area contributed by atoms with Crippen molar-refractivity contribution in [2.24, 2.45) is 4.99 Å². The summed E-state index contributed by atoms with van der Waals surface area (Å²) in [5.41, 5.74) is 13.8. The third-order valence-electron chi connectivity index (χ3n) is 2.55. The zero-order chi connectivity index (χ0) is 12.0. The van der Waals surface area contributed by atoms with Crippen LogP contribution < -0.4 is 11.5 Å². The SMILES string of the molecule is N=C1N=C(c2sc(N)nc2N)c2ccccc21. The first-order valence-corrected chi connectivity index (χ1v) is 5.77. The number of fused-ring (bicyclic) bond motifs is 1. The fraction of sp³-hybridized carbons (Fsp3) is 0. The molecule has 0 fully saturated rings. The fourth-order valence-electron chi connectivity index (χ4n) is 1.82. The molecule has 3 rings (SSSR count). The monoisotopic (exact) mass is 243 g/mol. The lowest BCUT2D eigenvalue weighted by atomic mass is 10.0. The molecule has 0 atom stereocenters. The average molecular weight is 243 g/mol. The summed E-state index contributed by atoms with van der Waals surface area (Å²) in [6, 6.07) is 7.59. The number of aromatic nitrogens is 1. The van der Waals surface area contributed by atoms with E-state index in [0.717, 1.165) is 16.0 Å². The molecule has 0 saturated heterocycles. The molecule has 1 aromatic heterocycles. The van der Waals surface area contributed by atoms with Gasteiger partial charge < -0.3 is 11.5 Å². The van der Waals surface area contributed by atoms with Crippen LogP contribution in [0, 0.1) is 5.41 Å². The van der Waals surface area contributed by atoms with Gasteiger partial charge in [0.1, 0.15) is 5.82 Å². The van der Waals surface area contributed by atoms with E-state index in [9.17, 15) is 0 Å². The minimum absolute atomic E-state index is 0.252. The Morgan fingerprint density at radius 1 is 1.12 bits per heavy atom. The number of nitrogens with one attached hydrogen (secondary N) is 1. The highest BCUT2D eigenvalue weighted by molar-refractivity contribution is 7.18. The van der Waals surface area contributed by atoms with Crippen molar-refractivity contribution in [2.75, 3.05) is 11.5 Å². The highest BCUT2D eigenvalue weighted by Gasteiger charge is 2.24. The van der Waals surface area contributed by atoms with Crippen LogP contribution in [-0.2, 0) is 0 Å². The van der Waals surface area contributed by atoms with Crippen LogP contribution in [0.2, 0.25) is 0 Å². The van der Waals surface area contributed by atoms with E-state index in [4.69, 9.17) is 16.9 Å². The van der Waals surface area contributed by atoms with Crippen LogP contribution >= 0.6 is 11.3 Å². The molecule has 1 aliphatic heterocycles. The third kappa shape index (κ3) is 1.42. The molecule has 2 aromatic rings. The standard InChI is InChI=1S/C11H9N5S/c12-9-6-4-2-1-3-5(6)7(15-9)8-10(13)16-11(14)17-8/h1-4,12H,13H2,(H2,14,16). The number of aliphatic imine (C=N–C) groups is 1. The topological polar surface area (TPSA) is 101 Å². The van der Waals surface area contributed by atoms with Crippen molar-refractivity contribution in [2.45, 2.75) is 0 Å². The zero-order valence-corrected chi connectivity index (χ0v) is 9.58. The molecule has 0 unspecified atom stereocenters. The van der Waals surface area contributed by atoms with Crippen molar-refractivity contribution >= 4 is 33.8 Å². The Kier molecular flexibility index (Phi) is 1.99. The average Bonchev–Trinajstić information content (AvgIpc) is 2.80. The van der Waals surface area contributed by atoms with E-state index >= 15 is 0 Å². The predicted molar refractivity (Wildman–Crippen MR) is 69.8 cm³/mol. The fourth-order valence-corrected chi connectivity index (χ4v) is 2.58. The second kappa shape index (κ2) is 3.39. The molecule has 0 spiro atoms. The Labute approximate surface area is 101 Å². The van der Waals surface area contributed by atoms with Gasteiger partial charge in [0.25, 0.3) is 0 Å². The van der Waals surface area contributed by atoms with Crippen molar-refractivity contribution in [3.63, 3.8) is 0 Å². The molecular formula is C11H9N5S. The van der Waals surface area contributed by atoms with Gasteiger partial charge in [0.05, 0.1) is 10.6 Å². The minimum Gasteiger partial charge on any atom is -0.382 e. The summed E-state index contributed by atoms with van der Waals surface area (Å²) in [7, 11) is 0. The number of rotatable bonds is 1. The van der Waals surface area contributed by atoms with Gasteiger partial charge in [-0.05, 0) is 0 Å². The summed E-state index contributed by atoms with van der Waals surface area (Å²) in [6.45, 7) is 0. The molecule has 5 N–H and O–H groups in total. The van der Waals surface area contributed by atoms with E-state index in [-0.39, 0.29) is 5.84 Å². The Morgan fingerprint density at radius 3 is 2.47 bits per heavy atom. The second-order valence-corrected chi connectivity index (χ2v) is 4.65. The van der Waals surface area contributed by atoms with Crippen molar-refractivity contribution in [1.29, 1.82) is 5.41 Å². The van der Waals surface area contributed by atoms with E-state index < -0.39 is 0 Å². The van der Waals surface area contributed by atoms with Crippen LogP contribution in [0.3, 0.4) is 0 Å². The molecule has 0 saturated carbocycles. The molecule has 1 aliphatic rings. The van der Waals surface area contributed by atoms with Crippen LogP contribution in [0.5, 0.6) is 0 Å². The Morgan fingerprint density at radius 2 is 1.82 bits per heavy atom. The molecule has 84 valence electrons. The van der Waals surface area contributed by atoms with Gasteiger partial charge in [0, 0.05) is 11.1 Å². The number of nitrogens with zero attached hydrogens (tertiary/aromatic N) is 2. The Balaban J connectivity index is 2.21. The highest BCUT2D eigenvalue weighted by atomic mass is 32.1. The van der Waals surface area contributed by atoms with Crippen LogP contribution in [0.4, 0.5) is 10.9 Å². The normalized spacial score (nSPS) is 13.6. The lowest BCUT2D eigenvalue weighted by Crippen LogP contribution is -2.01. The van der Waals surface area contributed by atoms with Gasteiger partial charge in [-0.25, -0.2) is 9.98 Å². The summed E-state index contributed by atoms with van der Waals surface area (Å²) in [4.78, 5) is 8.95. The van der Waals surface area contributed by atoms with Crippen LogP contribution in [0.15, 0.2) is 29.3 Å². The first-order valence-electron chi connectivity index (χ1n) is 4.96. The summed E-state index contributed by atoms with van der Waals surface area (Å²) < 4.78 is 0. The molecule has 17 heavy (non-hydrogen) atoms.